The topological polar surface area (TPSA) is 313 Å². The van der Waals surface area contributed by atoms with E-state index in [2.05, 4.69) is 31.9 Å². The van der Waals surface area contributed by atoms with Gasteiger partial charge in [-0.3, -0.25) is 38.4 Å². The summed E-state index contributed by atoms with van der Waals surface area (Å²) in [5.74, 6) is -7.45. The summed E-state index contributed by atoms with van der Waals surface area (Å²) in [6.45, 7) is 12.0. The minimum Gasteiger partial charge on any atom is -0.481 e. The summed E-state index contributed by atoms with van der Waals surface area (Å²) >= 11 is 0. The fourth-order valence-electron chi connectivity index (χ4n) is 5.12. The first kappa shape index (κ1) is 48.2. The SMILES string of the molecule is CC(C)[C@H](CC(=O)N[C@@H](CCC(=O)O)CC(=O)N[C@@H](CC(=O)N[C@@H](C)CC(=O)N[C@@H](C)CC(=O)N[C@@H](CC(=O)O)C(=O)O)C(C)C)NC(=O)C[C@H](C)N. The number of nitrogens with two attached hydrogens (primary N) is 1. The summed E-state index contributed by atoms with van der Waals surface area (Å²) in [4.78, 5) is 109. The number of amides is 6. The molecule has 0 aliphatic carbocycles. The first-order chi connectivity index (χ1) is 24.5. The third kappa shape index (κ3) is 23.4. The second kappa shape index (κ2) is 24.4. The highest BCUT2D eigenvalue weighted by Gasteiger charge is 2.27. The smallest absolute Gasteiger partial charge is 0.326 e. The van der Waals surface area contributed by atoms with Crippen LogP contribution < -0.4 is 37.6 Å². The van der Waals surface area contributed by atoms with Crippen LogP contribution in [0.1, 0.15) is 106 Å². The molecule has 11 N–H and O–H groups in total. The number of carboxylic acid groups (broad SMARTS) is 3. The molecule has 0 fully saturated rings. The molecule has 0 rings (SSSR count). The van der Waals surface area contributed by atoms with E-state index in [0.717, 1.165) is 0 Å². The minimum atomic E-state index is -1.63. The van der Waals surface area contributed by atoms with Crippen LogP contribution in [-0.2, 0) is 43.2 Å². The lowest BCUT2D eigenvalue weighted by atomic mass is 9.98. The van der Waals surface area contributed by atoms with Gasteiger partial charge < -0.3 is 53.0 Å². The van der Waals surface area contributed by atoms with Crippen molar-refractivity contribution < 1.29 is 58.5 Å². The summed E-state index contributed by atoms with van der Waals surface area (Å²) in [5, 5.41) is 42.7. The van der Waals surface area contributed by atoms with Crippen LogP contribution >= 0.6 is 0 Å². The molecule has 302 valence electrons. The zero-order chi connectivity index (χ0) is 41.0. The van der Waals surface area contributed by atoms with Gasteiger partial charge in [-0.15, -0.1) is 0 Å². The largest absolute Gasteiger partial charge is 0.481 e. The number of nitrogens with one attached hydrogen (secondary N) is 6. The van der Waals surface area contributed by atoms with Crippen molar-refractivity contribution in [2.75, 3.05) is 0 Å². The van der Waals surface area contributed by atoms with Crippen molar-refractivity contribution in [1.29, 1.82) is 0 Å². The molecule has 0 aromatic heterocycles. The van der Waals surface area contributed by atoms with Crippen LogP contribution in [0.25, 0.3) is 0 Å². The van der Waals surface area contributed by atoms with E-state index in [1.54, 1.807) is 27.7 Å². The third-order valence-electron chi connectivity index (χ3n) is 7.93. The molecule has 0 heterocycles. The molecule has 7 atom stereocenters. The molecule has 0 bridgehead atoms. The van der Waals surface area contributed by atoms with E-state index in [1.807, 2.05) is 13.8 Å². The molecule has 19 heteroatoms. The van der Waals surface area contributed by atoms with Crippen molar-refractivity contribution in [3.8, 4) is 0 Å². The molecule has 0 aliphatic heterocycles. The van der Waals surface area contributed by atoms with E-state index in [1.165, 1.54) is 6.92 Å². The number of hydrogen-bond donors (Lipinski definition) is 10. The fourth-order valence-corrected chi connectivity index (χ4v) is 5.12. The summed E-state index contributed by atoms with van der Waals surface area (Å²) < 4.78 is 0. The van der Waals surface area contributed by atoms with Crippen LogP contribution in [0.2, 0.25) is 0 Å². The normalized spacial score (nSPS) is 15.1. The lowest BCUT2D eigenvalue weighted by Crippen LogP contribution is -2.48. The van der Waals surface area contributed by atoms with Crippen LogP contribution in [0.15, 0.2) is 0 Å². The highest BCUT2D eigenvalue weighted by molar-refractivity contribution is 5.87. The monoisotopic (exact) mass is 757 g/mol. The molecule has 0 aromatic rings. The Morgan fingerprint density at radius 1 is 0.472 bits per heavy atom. The van der Waals surface area contributed by atoms with Crippen molar-refractivity contribution in [2.24, 2.45) is 17.6 Å². The van der Waals surface area contributed by atoms with Crippen LogP contribution in [-0.4, -0.2) is 111 Å². The van der Waals surface area contributed by atoms with E-state index in [4.69, 9.17) is 15.9 Å². The van der Waals surface area contributed by atoms with Crippen molar-refractivity contribution in [1.82, 2.24) is 31.9 Å². The molecule has 0 aliphatic rings. The van der Waals surface area contributed by atoms with E-state index in [9.17, 15) is 48.3 Å². The van der Waals surface area contributed by atoms with Gasteiger partial charge in [0.15, 0.2) is 0 Å². The number of aliphatic carboxylic acids is 3. The van der Waals surface area contributed by atoms with E-state index < -0.39 is 90.1 Å². The molecule has 0 radical (unpaired) electrons. The Balaban J connectivity index is 5.18. The van der Waals surface area contributed by atoms with Crippen molar-refractivity contribution >= 4 is 53.4 Å². The summed E-state index contributed by atoms with van der Waals surface area (Å²) in [5.41, 5.74) is 5.69. The predicted molar refractivity (Wildman–Crippen MR) is 191 cm³/mol. The molecule has 0 saturated carbocycles. The van der Waals surface area contributed by atoms with Crippen LogP contribution in [0.4, 0.5) is 0 Å². The van der Waals surface area contributed by atoms with Gasteiger partial charge >= 0.3 is 17.9 Å². The van der Waals surface area contributed by atoms with E-state index in [-0.39, 0.29) is 75.2 Å². The quantitative estimate of drug-likeness (QED) is 0.0526. The zero-order valence-electron chi connectivity index (χ0n) is 31.7. The highest BCUT2D eigenvalue weighted by Crippen LogP contribution is 2.12. The molecular formula is C34H59N7O12. The molecule has 0 saturated heterocycles. The Bertz CT molecular complexity index is 1290. The van der Waals surface area contributed by atoms with E-state index >= 15 is 0 Å². The first-order valence-corrected chi connectivity index (χ1v) is 17.7. The Morgan fingerprint density at radius 2 is 0.868 bits per heavy atom. The molecule has 0 spiro atoms. The number of carbonyl (C=O) groups excluding carboxylic acids is 6. The first-order valence-electron chi connectivity index (χ1n) is 17.7. The third-order valence-corrected chi connectivity index (χ3v) is 7.93. The molecule has 0 aromatic carbocycles. The Hall–Kier alpha value is -4.81. The Morgan fingerprint density at radius 3 is 1.26 bits per heavy atom. The Labute approximate surface area is 309 Å². The van der Waals surface area contributed by atoms with E-state index in [0.29, 0.717) is 0 Å². The maximum absolute atomic E-state index is 13.1. The molecular weight excluding hydrogens is 698 g/mol. The highest BCUT2D eigenvalue weighted by atomic mass is 16.4. The van der Waals surface area contributed by atoms with Gasteiger partial charge in [0.05, 0.1) is 6.42 Å². The second-order valence-electron chi connectivity index (χ2n) is 14.2. The van der Waals surface area contributed by atoms with Gasteiger partial charge in [-0.1, -0.05) is 27.7 Å². The zero-order valence-corrected chi connectivity index (χ0v) is 31.7. The van der Waals surface area contributed by atoms with Gasteiger partial charge in [0.1, 0.15) is 6.04 Å². The maximum atomic E-state index is 13.1. The fraction of sp³-hybridized carbons (Fsp3) is 0.735. The van der Waals surface area contributed by atoms with Gasteiger partial charge in [-0.2, -0.15) is 0 Å². The number of carboxylic acids is 3. The average Bonchev–Trinajstić information content (AvgIpc) is 2.97. The van der Waals surface area contributed by atoms with Crippen molar-refractivity contribution in [3.63, 3.8) is 0 Å². The molecule has 19 nitrogen and oxygen atoms in total. The molecule has 0 unspecified atom stereocenters. The lowest BCUT2D eigenvalue weighted by Gasteiger charge is -2.26. The molecule has 6 amide bonds. The Kier molecular flexibility index (Phi) is 22.2. The summed E-state index contributed by atoms with van der Waals surface area (Å²) in [6, 6.07) is -5.41. The number of rotatable bonds is 26. The molecule has 53 heavy (non-hydrogen) atoms. The van der Waals surface area contributed by atoms with Crippen LogP contribution in [0, 0.1) is 11.8 Å². The van der Waals surface area contributed by atoms with Gasteiger partial charge in [0, 0.05) is 81.2 Å². The lowest BCUT2D eigenvalue weighted by molar-refractivity contribution is -0.147. The standard InChI is InChI=1S/C34H59N7O12/c1-17(2)23(14-30(46)37-20(6)11-27(43)36-21(7)12-28(44)41-25(34(52)53)16-33(50)51)40-29(45)13-22(8-9-32(48)49)38-31(47)15-24(18(3)4)39-26(42)10-19(5)35/h17-25H,8-16,35H2,1-7H3,(H,36,43)(H,37,46)(H,38,47)(H,39,42)(H,40,45)(H,41,44)(H,48,49)(H,50,51)(H,52,53)/t19-,20-,21-,22-,23-,24-,25-/m0/s1. The van der Waals surface area contributed by atoms with Gasteiger partial charge in [-0.25, -0.2) is 4.79 Å². The average molecular weight is 758 g/mol. The number of carbonyl (C=O) groups is 9. The van der Waals surface area contributed by atoms with Crippen LogP contribution in [0.5, 0.6) is 0 Å². The van der Waals surface area contributed by atoms with Crippen molar-refractivity contribution in [3.05, 3.63) is 0 Å². The van der Waals surface area contributed by atoms with Gasteiger partial charge in [0.2, 0.25) is 35.4 Å². The van der Waals surface area contributed by atoms with Gasteiger partial charge in [0.25, 0.3) is 0 Å². The van der Waals surface area contributed by atoms with Crippen molar-refractivity contribution in [2.45, 2.75) is 149 Å². The predicted octanol–water partition coefficient (Wildman–Crippen LogP) is -0.641. The minimum absolute atomic E-state index is 0.0405. The maximum Gasteiger partial charge on any atom is 0.326 e. The summed E-state index contributed by atoms with van der Waals surface area (Å²) in [7, 11) is 0. The van der Waals surface area contributed by atoms with Crippen LogP contribution in [0.3, 0.4) is 0 Å². The second-order valence-corrected chi connectivity index (χ2v) is 14.2. The van der Waals surface area contributed by atoms with Gasteiger partial charge in [-0.05, 0) is 39.0 Å². The number of hydrogen-bond acceptors (Lipinski definition) is 10. The summed E-state index contributed by atoms with van der Waals surface area (Å²) in [6.07, 6.45) is -2.12.